The lowest BCUT2D eigenvalue weighted by atomic mass is 9.76. The molecule has 3 rings (SSSR count). The van der Waals surface area contributed by atoms with Gasteiger partial charge in [-0.05, 0) is 48.8 Å². The average molecular weight is 331 g/mol. The predicted octanol–water partition coefficient (Wildman–Crippen LogP) is 4.45. The summed E-state index contributed by atoms with van der Waals surface area (Å²) >= 11 is 0. The zero-order valence-corrected chi connectivity index (χ0v) is 14.8. The summed E-state index contributed by atoms with van der Waals surface area (Å²) in [5.41, 5.74) is 5.44. The van der Waals surface area contributed by atoms with Crippen LogP contribution < -0.4 is 10.4 Å². The fraction of sp³-hybridized carbons (Fsp3) is 0.143. The molecular formula is C21H22BNO2. The van der Waals surface area contributed by atoms with Gasteiger partial charge in [-0.3, -0.25) is 0 Å². The van der Waals surface area contributed by atoms with E-state index in [1.165, 1.54) is 0 Å². The lowest BCUT2D eigenvalue weighted by Gasteiger charge is -2.26. The van der Waals surface area contributed by atoms with E-state index in [1.807, 2.05) is 36.4 Å². The van der Waals surface area contributed by atoms with Crippen LogP contribution in [0.15, 0.2) is 78.9 Å². The Hall–Kier alpha value is -2.56. The Bertz CT molecular complexity index is 765. The Balaban J connectivity index is 2.13. The summed E-state index contributed by atoms with van der Waals surface area (Å²) in [5.74, 6) is 0. The van der Waals surface area contributed by atoms with Gasteiger partial charge in [-0.1, -0.05) is 48.0 Å². The van der Waals surface area contributed by atoms with Crippen molar-refractivity contribution in [3.8, 4) is 0 Å². The summed E-state index contributed by atoms with van der Waals surface area (Å²) in [6.07, 6.45) is 0. The maximum atomic E-state index is 5.47. The third-order valence-corrected chi connectivity index (χ3v) is 4.23. The van der Waals surface area contributed by atoms with Crippen molar-refractivity contribution in [3.63, 3.8) is 0 Å². The van der Waals surface area contributed by atoms with Gasteiger partial charge in [-0.25, -0.2) is 0 Å². The molecular weight excluding hydrogens is 309 g/mol. The first-order chi connectivity index (χ1) is 12.2. The quantitative estimate of drug-likeness (QED) is 0.623. The van der Waals surface area contributed by atoms with Crippen LogP contribution in [-0.4, -0.2) is 21.3 Å². The first kappa shape index (κ1) is 17.3. The molecule has 0 heterocycles. The van der Waals surface area contributed by atoms with Crippen LogP contribution in [0.2, 0.25) is 0 Å². The van der Waals surface area contributed by atoms with E-state index in [4.69, 9.17) is 9.31 Å². The minimum Gasteiger partial charge on any atom is -0.410 e. The van der Waals surface area contributed by atoms with Crippen molar-refractivity contribution < 1.29 is 9.31 Å². The Morgan fingerprint density at radius 3 is 1.68 bits per heavy atom. The molecule has 0 bridgehead atoms. The highest BCUT2D eigenvalue weighted by atomic mass is 16.6. The molecule has 0 aliphatic heterocycles. The number of nitrogens with zero attached hydrogens (tertiary/aromatic N) is 1. The second kappa shape index (κ2) is 8.01. The van der Waals surface area contributed by atoms with Crippen LogP contribution in [0.4, 0.5) is 17.1 Å². The Morgan fingerprint density at radius 2 is 1.20 bits per heavy atom. The molecule has 4 heteroatoms. The number of benzene rings is 3. The van der Waals surface area contributed by atoms with Crippen LogP contribution in [0, 0.1) is 6.92 Å². The first-order valence-corrected chi connectivity index (χ1v) is 8.31. The summed E-state index contributed by atoms with van der Waals surface area (Å²) in [4.78, 5) is 2.23. The second-order valence-corrected chi connectivity index (χ2v) is 5.85. The maximum Gasteiger partial charge on any atom is 0.493 e. The normalized spacial score (nSPS) is 10.5. The number of rotatable bonds is 6. The molecule has 0 amide bonds. The highest BCUT2D eigenvalue weighted by Gasteiger charge is 2.22. The van der Waals surface area contributed by atoms with Crippen molar-refractivity contribution in [1.82, 2.24) is 0 Å². The van der Waals surface area contributed by atoms with E-state index < -0.39 is 0 Å². The van der Waals surface area contributed by atoms with Gasteiger partial charge >= 0.3 is 7.12 Å². The molecule has 0 saturated heterocycles. The van der Waals surface area contributed by atoms with E-state index in [-0.39, 0.29) is 7.12 Å². The van der Waals surface area contributed by atoms with Crippen LogP contribution in [0.5, 0.6) is 0 Å². The fourth-order valence-corrected chi connectivity index (χ4v) is 2.97. The zero-order chi connectivity index (χ0) is 17.6. The molecule has 3 aromatic rings. The van der Waals surface area contributed by atoms with Gasteiger partial charge in [0.2, 0.25) is 0 Å². The zero-order valence-electron chi connectivity index (χ0n) is 14.8. The predicted molar refractivity (Wildman–Crippen MR) is 105 cm³/mol. The molecule has 126 valence electrons. The lowest BCUT2D eigenvalue weighted by Crippen LogP contribution is -2.37. The highest BCUT2D eigenvalue weighted by Crippen LogP contribution is 2.33. The van der Waals surface area contributed by atoms with E-state index in [9.17, 15) is 0 Å². The van der Waals surface area contributed by atoms with Gasteiger partial charge in [0.15, 0.2) is 0 Å². The van der Waals surface area contributed by atoms with Gasteiger partial charge in [0.05, 0.1) is 0 Å². The Labute approximate surface area is 150 Å². The number of aryl methyl sites for hydroxylation is 1. The molecule has 0 unspecified atom stereocenters. The molecule has 0 aliphatic carbocycles. The van der Waals surface area contributed by atoms with Crippen molar-refractivity contribution in [2.45, 2.75) is 6.92 Å². The molecule has 25 heavy (non-hydrogen) atoms. The maximum absolute atomic E-state index is 5.47. The fourth-order valence-electron chi connectivity index (χ4n) is 2.97. The third kappa shape index (κ3) is 3.76. The summed E-state index contributed by atoms with van der Waals surface area (Å²) in [6, 6.07) is 27.0. The van der Waals surface area contributed by atoms with Crippen molar-refractivity contribution in [1.29, 1.82) is 0 Å². The number of para-hydroxylation sites is 2. The Kier molecular flexibility index (Phi) is 5.54. The van der Waals surface area contributed by atoms with E-state index in [0.717, 1.165) is 28.1 Å². The summed E-state index contributed by atoms with van der Waals surface area (Å²) < 4.78 is 10.9. The molecule has 3 nitrogen and oxygen atoms in total. The summed E-state index contributed by atoms with van der Waals surface area (Å²) in [7, 11) is 2.94. The SMILES string of the molecule is COB(OC)c1cc(N(c2ccccc2)c2ccccc2)ccc1C. The molecule has 0 saturated carbocycles. The van der Waals surface area contributed by atoms with Crippen LogP contribution in [-0.2, 0) is 9.31 Å². The van der Waals surface area contributed by atoms with E-state index >= 15 is 0 Å². The third-order valence-electron chi connectivity index (χ3n) is 4.23. The minimum atomic E-state index is -0.381. The number of hydrogen-bond acceptors (Lipinski definition) is 3. The van der Waals surface area contributed by atoms with Gasteiger partial charge in [0.1, 0.15) is 0 Å². The Morgan fingerprint density at radius 1 is 0.680 bits per heavy atom. The van der Waals surface area contributed by atoms with Crippen molar-refractivity contribution >= 4 is 29.6 Å². The van der Waals surface area contributed by atoms with Crippen LogP contribution in [0.1, 0.15) is 5.56 Å². The topological polar surface area (TPSA) is 21.7 Å². The molecule has 0 N–H and O–H groups in total. The molecule has 0 radical (unpaired) electrons. The van der Waals surface area contributed by atoms with Crippen molar-refractivity contribution in [3.05, 3.63) is 84.4 Å². The van der Waals surface area contributed by atoms with Crippen LogP contribution in [0.25, 0.3) is 0 Å². The minimum absolute atomic E-state index is 0.381. The average Bonchev–Trinajstić information content (AvgIpc) is 2.67. The van der Waals surface area contributed by atoms with Gasteiger partial charge in [0.25, 0.3) is 0 Å². The number of hydrogen-bond donors (Lipinski definition) is 0. The highest BCUT2D eigenvalue weighted by molar-refractivity contribution is 6.61. The largest absolute Gasteiger partial charge is 0.493 e. The van der Waals surface area contributed by atoms with E-state index in [1.54, 1.807) is 14.2 Å². The van der Waals surface area contributed by atoms with Crippen molar-refractivity contribution in [2.24, 2.45) is 0 Å². The van der Waals surface area contributed by atoms with Gasteiger partial charge < -0.3 is 14.2 Å². The van der Waals surface area contributed by atoms with Gasteiger partial charge in [0, 0.05) is 31.3 Å². The van der Waals surface area contributed by atoms with E-state index in [2.05, 4.69) is 54.3 Å². The molecule has 0 aliphatic rings. The van der Waals surface area contributed by atoms with Gasteiger partial charge in [-0.15, -0.1) is 0 Å². The second-order valence-electron chi connectivity index (χ2n) is 5.85. The van der Waals surface area contributed by atoms with Crippen molar-refractivity contribution in [2.75, 3.05) is 19.1 Å². The standard InChI is InChI=1S/C21H22BNO2/c1-17-14-15-20(16-21(17)22(24-2)25-3)23(18-10-6-4-7-11-18)19-12-8-5-9-13-19/h4-16H,1-3H3. The van der Waals surface area contributed by atoms with Gasteiger partial charge in [-0.2, -0.15) is 0 Å². The molecule has 0 atom stereocenters. The smallest absolute Gasteiger partial charge is 0.410 e. The first-order valence-electron chi connectivity index (χ1n) is 8.31. The molecule has 3 aromatic carbocycles. The van der Waals surface area contributed by atoms with Crippen LogP contribution >= 0.6 is 0 Å². The number of anilines is 3. The molecule has 0 fully saturated rings. The van der Waals surface area contributed by atoms with Crippen LogP contribution in [0.3, 0.4) is 0 Å². The van der Waals surface area contributed by atoms with E-state index in [0.29, 0.717) is 0 Å². The lowest BCUT2D eigenvalue weighted by molar-refractivity contribution is 0.292. The monoisotopic (exact) mass is 331 g/mol. The summed E-state index contributed by atoms with van der Waals surface area (Å²) in [6.45, 7) is 2.07. The molecule has 0 aromatic heterocycles. The molecule has 0 spiro atoms. The summed E-state index contributed by atoms with van der Waals surface area (Å²) in [5, 5.41) is 0.